The van der Waals surface area contributed by atoms with Crippen molar-refractivity contribution in [2.75, 3.05) is 53.0 Å². The molecule has 2 heterocycles. The topological polar surface area (TPSA) is 54.0 Å². The molecule has 0 bridgehead atoms. The fourth-order valence-corrected chi connectivity index (χ4v) is 2.22. The van der Waals surface area contributed by atoms with Crippen LogP contribution in [0, 0.1) is 0 Å². The van der Waals surface area contributed by atoms with Gasteiger partial charge in [0.15, 0.2) is 5.76 Å². The van der Waals surface area contributed by atoms with Crippen LogP contribution in [0.4, 0.5) is 0 Å². The highest BCUT2D eigenvalue weighted by Gasteiger charge is 2.20. The van der Waals surface area contributed by atoms with Gasteiger partial charge in [-0.25, -0.2) is 0 Å². The summed E-state index contributed by atoms with van der Waals surface area (Å²) in [5.41, 5.74) is 0. The van der Waals surface area contributed by atoms with Crippen LogP contribution >= 0.6 is 15.9 Å². The first-order valence-corrected chi connectivity index (χ1v) is 7.37. The molecule has 1 N–H and O–H groups in total. The average Bonchev–Trinajstić information content (AvgIpc) is 2.54. The number of carbonyl (C=O) groups is 1. The predicted octanol–water partition coefficient (Wildman–Crippen LogP) is -0.0408. The molecule has 108 valence electrons. The van der Waals surface area contributed by atoms with E-state index in [-0.39, 0.29) is 10.9 Å². The van der Waals surface area contributed by atoms with E-state index >= 15 is 0 Å². The number of nitrogens with one attached hydrogen (secondary N) is 1. The van der Waals surface area contributed by atoms with E-state index in [4.69, 9.17) is 9.47 Å². The monoisotopic (exact) mass is 333 g/mol. The molecule has 19 heavy (non-hydrogen) atoms. The van der Waals surface area contributed by atoms with Gasteiger partial charge in [0.05, 0.1) is 13.2 Å². The smallest absolute Gasteiger partial charge is 0.288 e. The van der Waals surface area contributed by atoms with Gasteiger partial charge in [0, 0.05) is 39.4 Å². The summed E-state index contributed by atoms with van der Waals surface area (Å²) >= 11 is 3.48. The van der Waals surface area contributed by atoms with Crippen LogP contribution in [0.25, 0.3) is 0 Å². The summed E-state index contributed by atoms with van der Waals surface area (Å²) in [7, 11) is 1.91. The molecule has 0 saturated carbocycles. The minimum absolute atomic E-state index is 0.0943. The van der Waals surface area contributed by atoms with E-state index in [0.29, 0.717) is 18.9 Å². The van der Waals surface area contributed by atoms with Crippen LogP contribution < -0.4 is 5.32 Å². The molecule has 6 nitrogen and oxygen atoms in total. The summed E-state index contributed by atoms with van der Waals surface area (Å²) in [6, 6.07) is 0. The normalized spacial score (nSPS) is 25.6. The number of halogens is 1. The first-order valence-electron chi connectivity index (χ1n) is 6.46. The highest BCUT2D eigenvalue weighted by molar-refractivity contribution is 9.09. The van der Waals surface area contributed by atoms with Gasteiger partial charge in [-0.1, -0.05) is 15.9 Å². The largest absolute Gasteiger partial charge is 0.485 e. The summed E-state index contributed by atoms with van der Waals surface area (Å²) in [5, 5.41) is 2.81. The number of alkyl halides is 1. The number of hydrogen-bond donors (Lipinski definition) is 1. The zero-order valence-electron chi connectivity index (χ0n) is 11.1. The molecule has 0 aliphatic carbocycles. The SMILES string of the molecule is CN1C=C(OCCN2CCOCC2)C(=O)NCC1Br. The highest BCUT2D eigenvalue weighted by atomic mass is 79.9. The lowest BCUT2D eigenvalue weighted by atomic mass is 10.4. The molecule has 1 amide bonds. The van der Waals surface area contributed by atoms with E-state index in [1.807, 2.05) is 11.9 Å². The van der Waals surface area contributed by atoms with Gasteiger partial charge in [-0.15, -0.1) is 0 Å². The Balaban J connectivity index is 1.79. The minimum Gasteiger partial charge on any atom is -0.485 e. The maximum atomic E-state index is 11.8. The maximum Gasteiger partial charge on any atom is 0.288 e. The fraction of sp³-hybridized carbons (Fsp3) is 0.750. The number of nitrogens with zero attached hydrogens (tertiary/aromatic N) is 2. The van der Waals surface area contributed by atoms with Crippen LogP contribution in [0.5, 0.6) is 0 Å². The third-order valence-electron chi connectivity index (χ3n) is 3.19. The average molecular weight is 334 g/mol. The molecule has 1 fully saturated rings. The van der Waals surface area contributed by atoms with Crippen molar-refractivity contribution in [1.29, 1.82) is 0 Å². The molecular weight excluding hydrogens is 314 g/mol. The molecule has 7 heteroatoms. The van der Waals surface area contributed by atoms with Crippen LogP contribution in [-0.2, 0) is 14.3 Å². The zero-order valence-corrected chi connectivity index (χ0v) is 12.7. The molecule has 1 unspecified atom stereocenters. The van der Waals surface area contributed by atoms with Gasteiger partial charge in [0.25, 0.3) is 5.91 Å². The van der Waals surface area contributed by atoms with Crippen molar-refractivity contribution < 1.29 is 14.3 Å². The molecule has 0 aromatic rings. The molecule has 2 rings (SSSR count). The van der Waals surface area contributed by atoms with Crippen molar-refractivity contribution in [3.05, 3.63) is 12.0 Å². The summed E-state index contributed by atoms with van der Waals surface area (Å²) in [5.74, 6) is 0.216. The van der Waals surface area contributed by atoms with Crippen LogP contribution in [0.1, 0.15) is 0 Å². The molecule has 2 aliphatic rings. The van der Waals surface area contributed by atoms with E-state index in [1.165, 1.54) is 0 Å². The molecular formula is C12H20BrN3O3. The first-order chi connectivity index (χ1) is 9.16. The van der Waals surface area contributed by atoms with E-state index < -0.39 is 0 Å². The summed E-state index contributed by atoms with van der Waals surface area (Å²) in [6.07, 6.45) is 1.74. The zero-order chi connectivity index (χ0) is 13.7. The Kier molecular flexibility index (Phi) is 5.47. The van der Waals surface area contributed by atoms with Crippen molar-refractivity contribution in [2.45, 2.75) is 4.95 Å². The number of ether oxygens (including phenoxy) is 2. The van der Waals surface area contributed by atoms with Crippen molar-refractivity contribution in [2.24, 2.45) is 0 Å². The lowest BCUT2D eigenvalue weighted by Gasteiger charge is -2.26. The first kappa shape index (κ1) is 14.6. The second-order valence-electron chi connectivity index (χ2n) is 4.61. The number of hydrogen-bond acceptors (Lipinski definition) is 5. The van der Waals surface area contributed by atoms with E-state index in [1.54, 1.807) is 6.20 Å². The van der Waals surface area contributed by atoms with Crippen LogP contribution in [0.3, 0.4) is 0 Å². The molecule has 0 spiro atoms. The van der Waals surface area contributed by atoms with Crippen molar-refractivity contribution in [1.82, 2.24) is 15.1 Å². The van der Waals surface area contributed by atoms with Crippen LogP contribution in [0.15, 0.2) is 12.0 Å². The van der Waals surface area contributed by atoms with Crippen LogP contribution in [-0.4, -0.2) is 73.7 Å². The quantitative estimate of drug-likeness (QED) is 0.578. The second-order valence-corrected chi connectivity index (χ2v) is 5.66. The number of likely N-dealkylation sites (N-methyl/N-ethyl adjacent to an activating group) is 1. The maximum absolute atomic E-state index is 11.8. The molecule has 0 radical (unpaired) electrons. The van der Waals surface area contributed by atoms with Gasteiger partial charge < -0.3 is 19.7 Å². The Morgan fingerprint density at radius 3 is 3.00 bits per heavy atom. The lowest BCUT2D eigenvalue weighted by molar-refractivity contribution is -0.120. The third-order valence-corrected chi connectivity index (χ3v) is 4.16. The van der Waals surface area contributed by atoms with Gasteiger partial charge in [0.2, 0.25) is 0 Å². The molecule has 0 aromatic carbocycles. The Morgan fingerprint density at radius 2 is 2.26 bits per heavy atom. The standard InChI is InChI=1S/C12H20BrN3O3/c1-15-9-10(12(17)14-8-11(15)13)19-7-4-16-2-5-18-6-3-16/h9,11H,2-8H2,1H3,(H,14,17). The van der Waals surface area contributed by atoms with Gasteiger partial charge in [-0.2, -0.15) is 0 Å². The number of rotatable bonds is 4. The molecule has 1 atom stereocenters. The number of carbonyl (C=O) groups excluding carboxylic acids is 1. The van der Waals surface area contributed by atoms with Gasteiger partial charge in [0.1, 0.15) is 11.6 Å². The molecule has 2 aliphatic heterocycles. The number of amides is 1. The minimum atomic E-state index is -0.157. The Morgan fingerprint density at radius 1 is 1.53 bits per heavy atom. The Labute approximate surface area is 121 Å². The highest BCUT2D eigenvalue weighted by Crippen LogP contribution is 2.12. The lowest BCUT2D eigenvalue weighted by Crippen LogP contribution is -2.38. The second kappa shape index (κ2) is 7.12. The van der Waals surface area contributed by atoms with Crippen molar-refractivity contribution in [3.63, 3.8) is 0 Å². The Bertz CT molecular complexity index is 345. The number of morpholine rings is 1. The van der Waals surface area contributed by atoms with Crippen molar-refractivity contribution >= 4 is 21.8 Å². The van der Waals surface area contributed by atoms with Crippen molar-refractivity contribution in [3.8, 4) is 0 Å². The predicted molar refractivity (Wildman–Crippen MR) is 74.8 cm³/mol. The van der Waals surface area contributed by atoms with Gasteiger partial charge in [-0.3, -0.25) is 9.69 Å². The molecule has 1 saturated heterocycles. The Hall–Kier alpha value is -0.790. The summed E-state index contributed by atoms with van der Waals surface area (Å²) < 4.78 is 10.9. The fourth-order valence-electron chi connectivity index (χ4n) is 1.94. The van der Waals surface area contributed by atoms with E-state index in [9.17, 15) is 4.79 Å². The summed E-state index contributed by atoms with van der Waals surface area (Å²) in [6.45, 7) is 5.29. The van der Waals surface area contributed by atoms with Crippen LogP contribution in [0.2, 0.25) is 0 Å². The third kappa shape index (κ3) is 4.36. The van der Waals surface area contributed by atoms with Gasteiger partial charge >= 0.3 is 0 Å². The van der Waals surface area contributed by atoms with Gasteiger partial charge in [-0.05, 0) is 0 Å². The molecule has 0 aromatic heterocycles. The van der Waals surface area contributed by atoms with E-state index in [0.717, 1.165) is 32.8 Å². The summed E-state index contributed by atoms with van der Waals surface area (Å²) in [4.78, 5) is 16.1. The van der Waals surface area contributed by atoms with E-state index in [2.05, 4.69) is 26.1 Å².